The summed E-state index contributed by atoms with van der Waals surface area (Å²) in [7, 11) is 0. The summed E-state index contributed by atoms with van der Waals surface area (Å²) in [5.74, 6) is 0.212. The molecular formula is C21H21N2O4S-. The molecule has 3 rings (SSSR count). The van der Waals surface area contributed by atoms with Gasteiger partial charge in [-0.2, -0.15) is 5.10 Å². The lowest BCUT2D eigenvalue weighted by molar-refractivity contribution is 0.310. The van der Waals surface area contributed by atoms with Gasteiger partial charge in [0.25, 0.3) is 0 Å². The highest BCUT2D eigenvalue weighted by atomic mass is 32.2. The minimum Gasteiger partial charge on any atom is -0.772 e. The molecule has 7 heteroatoms. The van der Waals surface area contributed by atoms with E-state index in [4.69, 9.17) is 4.74 Å². The van der Waals surface area contributed by atoms with E-state index in [9.17, 15) is 13.6 Å². The third kappa shape index (κ3) is 4.94. The van der Waals surface area contributed by atoms with Crippen LogP contribution in [-0.4, -0.2) is 25.1 Å². The van der Waals surface area contributed by atoms with Crippen molar-refractivity contribution in [2.24, 2.45) is 0 Å². The van der Waals surface area contributed by atoms with Crippen LogP contribution in [0.3, 0.4) is 0 Å². The second kappa shape index (κ2) is 9.43. The molecule has 0 bridgehead atoms. The number of nitrogens with zero attached hydrogens (tertiary/aromatic N) is 2. The summed E-state index contributed by atoms with van der Waals surface area (Å²) in [4.78, 5) is 13.0. The van der Waals surface area contributed by atoms with Crippen molar-refractivity contribution in [3.05, 3.63) is 82.3 Å². The maximum Gasteiger partial charge on any atom is 0.310 e. The van der Waals surface area contributed by atoms with E-state index in [-0.39, 0.29) is 17.1 Å². The number of benzene rings is 2. The monoisotopic (exact) mass is 397 g/mol. The predicted molar refractivity (Wildman–Crippen MR) is 108 cm³/mol. The molecular weight excluding hydrogens is 376 g/mol. The van der Waals surface area contributed by atoms with Crippen LogP contribution in [0.25, 0.3) is 11.1 Å². The van der Waals surface area contributed by atoms with E-state index < -0.39 is 11.1 Å². The van der Waals surface area contributed by atoms with Crippen molar-refractivity contribution < 1.29 is 13.5 Å². The van der Waals surface area contributed by atoms with E-state index in [1.807, 2.05) is 37.3 Å². The molecule has 28 heavy (non-hydrogen) atoms. The lowest BCUT2D eigenvalue weighted by Gasteiger charge is -2.13. The van der Waals surface area contributed by atoms with Crippen LogP contribution < -0.4 is 10.3 Å². The Hall–Kier alpha value is -2.77. The molecule has 0 spiro atoms. The Balaban J connectivity index is 1.97. The first-order chi connectivity index (χ1) is 13.6. The molecule has 0 N–H and O–H groups in total. The minimum atomic E-state index is -2.14. The Morgan fingerprint density at radius 1 is 1.07 bits per heavy atom. The summed E-state index contributed by atoms with van der Waals surface area (Å²) in [5.41, 5.74) is 2.71. The number of aromatic nitrogens is 2. The van der Waals surface area contributed by atoms with Crippen molar-refractivity contribution >= 4 is 11.1 Å². The highest BCUT2D eigenvalue weighted by Crippen LogP contribution is 2.27. The molecule has 1 unspecified atom stereocenters. The first kappa shape index (κ1) is 20.0. The zero-order valence-corrected chi connectivity index (χ0v) is 16.4. The van der Waals surface area contributed by atoms with Crippen LogP contribution in [0.4, 0.5) is 0 Å². The average molecular weight is 397 g/mol. The van der Waals surface area contributed by atoms with Crippen LogP contribution in [0, 0.1) is 0 Å². The SMILES string of the molecule is CCCOc1c(-c2ccc(CS(=O)[O-])cc2)cnn(Cc2ccccc2)c1=O. The molecule has 1 aromatic heterocycles. The molecule has 146 valence electrons. The molecule has 1 heterocycles. The summed E-state index contributed by atoms with van der Waals surface area (Å²) in [6.07, 6.45) is 2.39. The third-order valence-electron chi connectivity index (χ3n) is 4.17. The molecule has 6 nitrogen and oxygen atoms in total. The van der Waals surface area contributed by atoms with Gasteiger partial charge in [0, 0.05) is 11.3 Å². The predicted octanol–water partition coefficient (Wildman–Crippen LogP) is 3.13. The number of hydrogen-bond donors (Lipinski definition) is 0. The summed E-state index contributed by atoms with van der Waals surface area (Å²) in [5, 5.41) is 4.31. The topological polar surface area (TPSA) is 84.2 Å². The van der Waals surface area contributed by atoms with Gasteiger partial charge in [-0.25, -0.2) is 4.68 Å². The van der Waals surface area contributed by atoms with Gasteiger partial charge in [0.2, 0.25) is 0 Å². The van der Waals surface area contributed by atoms with Crippen molar-refractivity contribution in [3.8, 4) is 16.9 Å². The lowest BCUT2D eigenvalue weighted by atomic mass is 10.1. The van der Waals surface area contributed by atoms with Crippen molar-refractivity contribution in [2.45, 2.75) is 25.6 Å². The van der Waals surface area contributed by atoms with E-state index in [0.717, 1.165) is 17.5 Å². The van der Waals surface area contributed by atoms with Gasteiger partial charge < -0.3 is 9.29 Å². The fraction of sp³-hybridized carbons (Fsp3) is 0.238. The van der Waals surface area contributed by atoms with Crippen LogP contribution >= 0.6 is 0 Å². The Morgan fingerprint density at radius 3 is 2.43 bits per heavy atom. The van der Waals surface area contributed by atoms with Gasteiger partial charge >= 0.3 is 5.56 Å². The normalized spacial score (nSPS) is 11.9. The van der Waals surface area contributed by atoms with Gasteiger partial charge in [0.05, 0.1) is 19.3 Å². The second-order valence-corrected chi connectivity index (χ2v) is 7.23. The lowest BCUT2D eigenvalue weighted by Crippen LogP contribution is -2.25. The van der Waals surface area contributed by atoms with E-state index in [2.05, 4.69) is 5.10 Å². The fourth-order valence-electron chi connectivity index (χ4n) is 2.81. The first-order valence-corrected chi connectivity index (χ1v) is 10.2. The zero-order chi connectivity index (χ0) is 19.9. The van der Waals surface area contributed by atoms with E-state index >= 15 is 0 Å². The Kier molecular flexibility index (Phi) is 6.73. The largest absolute Gasteiger partial charge is 0.772 e. The number of rotatable bonds is 8. The molecule has 0 amide bonds. The van der Waals surface area contributed by atoms with Crippen LogP contribution in [0.2, 0.25) is 0 Å². The molecule has 0 aliphatic carbocycles. The summed E-state index contributed by atoms with van der Waals surface area (Å²) >= 11 is -2.14. The van der Waals surface area contributed by atoms with Gasteiger partial charge in [-0.15, -0.1) is 0 Å². The Bertz CT molecular complexity index is 1000. The summed E-state index contributed by atoms with van der Waals surface area (Å²) in [6.45, 7) is 2.75. The summed E-state index contributed by atoms with van der Waals surface area (Å²) < 4.78 is 28.9. The third-order valence-corrected chi connectivity index (χ3v) is 4.74. The maximum atomic E-state index is 13.0. The molecule has 2 aromatic carbocycles. The van der Waals surface area contributed by atoms with Gasteiger partial charge in [-0.3, -0.25) is 9.00 Å². The van der Waals surface area contributed by atoms with E-state index in [1.54, 1.807) is 30.5 Å². The van der Waals surface area contributed by atoms with Gasteiger partial charge in [0.15, 0.2) is 5.75 Å². The number of ether oxygens (including phenoxy) is 1. The van der Waals surface area contributed by atoms with Gasteiger partial charge in [-0.1, -0.05) is 72.6 Å². The van der Waals surface area contributed by atoms with E-state index in [1.165, 1.54) is 4.68 Å². The Morgan fingerprint density at radius 2 is 1.79 bits per heavy atom. The smallest absolute Gasteiger partial charge is 0.310 e. The second-order valence-electron chi connectivity index (χ2n) is 6.33. The van der Waals surface area contributed by atoms with Crippen molar-refractivity contribution in [3.63, 3.8) is 0 Å². The van der Waals surface area contributed by atoms with Crippen LogP contribution in [-0.2, 0) is 23.4 Å². The fourth-order valence-corrected chi connectivity index (χ4v) is 3.27. The highest BCUT2D eigenvalue weighted by molar-refractivity contribution is 7.78. The van der Waals surface area contributed by atoms with E-state index in [0.29, 0.717) is 24.3 Å². The number of hydrogen-bond acceptors (Lipinski definition) is 5. The average Bonchev–Trinajstić information content (AvgIpc) is 2.69. The van der Waals surface area contributed by atoms with Crippen molar-refractivity contribution in [1.29, 1.82) is 0 Å². The minimum absolute atomic E-state index is 0.0452. The standard InChI is InChI=1S/C21H22N2O4S/c1-2-12-27-20-19(18-10-8-17(9-11-18)15-28(25)26)13-22-23(21(20)24)14-16-6-4-3-5-7-16/h3-11,13H,2,12,14-15H2,1H3,(H,25,26)/p-1. The molecule has 0 saturated carbocycles. The highest BCUT2D eigenvalue weighted by Gasteiger charge is 2.15. The van der Waals surface area contributed by atoms with Crippen molar-refractivity contribution in [2.75, 3.05) is 6.61 Å². The van der Waals surface area contributed by atoms with Crippen LogP contribution in [0.15, 0.2) is 65.6 Å². The quantitative estimate of drug-likeness (QED) is 0.545. The summed E-state index contributed by atoms with van der Waals surface area (Å²) in [6, 6.07) is 16.6. The maximum absolute atomic E-state index is 13.0. The van der Waals surface area contributed by atoms with Crippen LogP contribution in [0.5, 0.6) is 5.75 Å². The molecule has 3 aromatic rings. The van der Waals surface area contributed by atoms with Gasteiger partial charge in [-0.05, 0) is 23.1 Å². The molecule has 0 fully saturated rings. The van der Waals surface area contributed by atoms with Crippen molar-refractivity contribution in [1.82, 2.24) is 9.78 Å². The molecule has 0 aliphatic rings. The molecule has 1 atom stereocenters. The molecule has 0 saturated heterocycles. The molecule has 0 radical (unpaired) electrons. The van der Waals surface area contributed by atoms with Crippen LogP contribution in [0.1, 0.15) is 24.5 Å². The first-order valence-electron chi connectivity index (χ1n) is 9.00. The zero-order valence-electron chi connectivity index (χ0n) is 15.5. The van der Waals surface area contributed by atoms with Gasteiger partial charge in [0.1, 0.15) is 0 Å². The molecule has 0 aliphatic heterocycles. The Labute approximate surface area is 166 Å².